The molecule has 0 aliphatic heterocycles. The number of aliphatic hydroxyl groups excluding tert-OH is 1. The molecule has 4 N–H and O–H groups in total. The van der Waals surface area contributed by atoms with Crippen molar-refractivity contribution < 1.29 is 117 Å². The summed E-state index contributed by atoms with van der Waals surface area (Å²) in [6.07, 6.45) is -10.6. The number of rotatable bonds is 22. The second-order valence-corrected chi connectivity index (χ2v) is 22.4. The number of amides is 4. The summed E-state index contributed by atoms with van der Waals surface area (Å²) in [5.41, 5.74) is -4.97. The van der Waals surface area contributed by atoms with Gasteiger partial charge in [-0.3, -0.25) is 38.4 Å². The van der Waals surface area contributed by atoms with E-state index in [0.717, 1.165) is 53.4 Å². The highest BCUT2D eigenvalue weighted by Gasteiger charge is 2.53. The topological polar surface area (TPSA) is 280 Å². The highest BCUT2D eigenvalue weighted by Crippen LogP contribution is 2.37. The lowest BCUT2D eigenvalue weighted by Crippen LogP contribution is -2.50. The second kappa shape index (κ2) is 36.0. The number of carbonyl (C=O) groups is 9. The molecule has 0 radical (unpaired) electrons. The Morgan fingerprint density at radius 3 is 1.12 bits per heavy atom. The van der Waals surface area contributed by atoms with Gasteiger partial charge in [0.15, 0.2) is 23.1 Å². The van der Waals surface area contributed by atoms with Crippen LogP contribution in [0.15, 0.2) is 182 Å². The van der Waals surface area contributed by atoms with Crippen LogP contribution in [-0.4, -0.2) is 142 Å². The number of alkyl halides is 6. The van der Waals surface area contributed by atoms with Crippen LogP contribution < -0.4 is 15.4 Å². The standard InChI is InChI=1S/C38H34F4N2O9.C23H18F4N2O3.C14H18O5/c1-5-50-34(47)37(35(48)51-6-2,24-12-8-7-9-13-24)22-52-36(49)53-31-20-28(33(46)44(3)4)30(21-29(31)39)43-32(45)27-15-11-10-14-26(27)23-16-18-25(19-17-23)38(40,41)42;1-29(2)22(32)17-11-20(30)18(24)12-19(17)28-21(31)16-6-4-3-5-15(16)13-7-9-14(10-8-13)23(25,26)27;1-3-18-12(16)14(10-15,13(17)19-4-2)11-8-6-5-7-9-11/h7-21H,5-6,22H2,1-4H3,(H,43,45);3-12,30H,1-2H3,(H,28,31);5-9,15H,3-4,10H2,1-2H3. The van der Waals surface area contributed by atoms with Crippen molar-refractivity contribution in [2.75, 3.05) is 78.5 Å². The summed E-state index contributed by atoms with van der Waals surface area (Å²) < 4.78 is 138. The van der Waals surface area contributed by atoms with E-state index in [4.69, 9.17) is 28.4 Å². The first-order valence-electron chi connectivity index (χ1n) is 31.5. The SMILES string of the molecule is CCOC(=O)C(CO)(C(=O)OCC)c1ccccc1.CCOC(=O)C(COC(=O)Oc1cc(C(=O)N(C)C)c(NC(=O)c2ccccc2-c2ccc(C(F)(F)F)cc2)cc1F)(C(=O)OCC)c1ccccc1.CN(C)C(=O)c1cc(O)c(F)cc1NC(=O)c1ccccc1-c1ccc(C(F)(F)F)cc1. The van der Waals surface area contributed by atoms with Gasteiger partial charge in [-0.2, -0.15) is 26.3 Å². The van der Waals surface area contributed by atoms with Crippen molar-refractivity contribution in [3.63, 3.8) is 0 Å². The summed E-state index contributed by atoms with van der Waals surface area (Å²) in [5, 5.41) is 24.2. The summed E-state index contributed by atoms with van der Waals surface area (Å²) in [5.74, 6) is -10.5. The highest BCUT2D eigenvalue weighted by molar-refractivity contribution is 6.13. The van der Waals surface area contributed by atoms with Gasteiger partial charge in [-0.15, -0.1) is 0 Å². The summed E-state index contributed by atoms with van der Waals surface area (Å²) in [7, 11) is 5.66. The quantitative estimate of drug-likeness (QED) is 0.0122. The molecule has 0 fully saturated rings. The normalized spacial score (nSPS) is 11.2. The zero-order chi connectivity index (χ0) is 76.9. The molecule has 0 aliphatic rings. The Kier molecular flexibility index (Phi) is 28.1. The molecule has 8 rings (SSSR count). The Hall–Kier alpha value is -12.0. The number of nitrogens with zero attached hydrogens (tertiary/aromatic N) is 2. The van der Waals surface area contributed by atoms with E-state index in [9.17, 15) is 84.1 Å². The van der Waals surface area contributed by atoms with E-state index in [1.54, 1.807) is 74.5 Å². The van der Waals surface area contributed by atoms with Crippen molar-refractivity contribution in [3.05, 3.63) is 238 Å². The van der Waals surface area contributed by atoms with Crippen LogP contribution in [0.25, 0.3) is 22.3 Å². The molecule has 8 aromatic rings. The molecule has 4 amide bonds. The molecule has 0 saturated heterocycles. The lowest BCUT2D eigenvalue weighted by Gasteiger charge is -2.28. The fraction of sp³-hybridized carbons (Fsp3) is 0.240. The lowest BCUT2D eigenvalue weighted by molar-refractivity contribution is -0.169. The van der Waals surface area contributed by atoms with Crippen molar-refractivity contribution in [2.24, 2.45) is 0 Å². The number of hydrogen-bond acceptors (Lipinski definition) is 17. The summed E-state index contributed by atoms with van der Waals surface area (Å²) >= 11 is 0. The molecule has 21 nitrogen and oxygen atoms in total. The molecule has 0 spiro atoms. The van der Waals surface area contributed by atoms with Crippen LogP contribution in [0.2, 0.25) is 0 Å². The fourth-order valence-electron chi connectivity index (χ4n) is 9.97. The third-order valence-corrected chi connectivity index (χ3v) is 15.2. The van der Waals surface area contributed by atoms with E-state index >= 15 is 4.39 Å². The minimum Gasteiger partial charge on any atom is -0.505 e. The van der Waals surface area contributed by atoms with Gasteiger partial charge in [0.05, 0.1) is 66.7 Å². The molecule has 104 heavy (non-hydrogen) atoms. The van der Waals surface area contributed by atoms with Gasteiger partial charge in [0.2, 0.25) is 10.8 Å². The van der Waals surface area contributed by atoms with Gasteiger partial charge in [-0.25, -0.2) is 13.6 Å². The average Bonchev–Trinajstić information content (AvgIpc) is 0.785. The number of esters is 4. The molecule has 0 saturated carbocycles. The average molecular weight is 1450 g/mol. The zero-order valence-electron chi connectivity index (χ0n) is 57.0. The van der Waals surface area contributed by atoms with Crippen molar-refractivity contribution in [2.45, 2.75) is 50.9 Å². The highest BCUT2D eigenvalue weighted by atomic mass is 19.4. The zero-order valence-corrected chi connectivity index (χ0v) is 57.0. The molecule has 29 heteroatoms. The monoisotopic (exact) mass is 1450 g/mol. The molecule has 548 valence electrons. The van der Waals surface area contributed by atoms with E-state index in [1.807, 2.05) is 0 Å². The molecular weight excluding hydrogens is 1380 g/mol. The molecular formula is C75H70F8N4O17. The van der Waals surface area contributed by atoms with Crippen molar-refractivity contribution >= 4 is 65.0 Å². The van der Waals surface area contributed by atoms with E-state index in [0.29, 0.717) is 16.7 Å². The first-order valence-corrected chi connectivity index (χ1v) is 31.5. The molecule has 0 bridgehead atoms. The smallest absolute Gasteiger partial charge is 0.505 e. The predicted octanol–water partition coefficient (Wildman–Crippen LogP) is 13.3. The first-order chi connectivity index (χ1) is 49.2. The Labute approximate surface area is 590 Å². The Bertz CT molecular complexity index is 4350. The van der Waals surface area contributed by atoms with E-state index in [2.05, 4.69) is 10.6 Å². The largest absolute Gasteiger partial charge is 0.514 e. The van der Waals surface area contributed by atoms with Gasteiger partial charge in [-0.1, -0.05) is 121 Å². The summed E-state index contributed by atoms with van der Waals surface area (Å²) in [6, 6.07) is 39.7. The van der Waals surface area contributed by atoms with Crippen LogP contribution in [0.4, 0.5) is 51.3 Å². The van der Waals surface area contributed by atoms with E-state index in [1.165, 1.54) is 120 Å². The van der Waals surface area contributed by atoms with Gasteiger partial charge < -0.3 is 59.1 Å². The van der Waals surface area contributed by atoms with Gasteiger partial charge in [0.1, 0.15) is 6.61 Å². The predicted molar refractivity (Wildman–Crippen MR) is 362 cm³/mol. The molecule has 0 aliphatic carbocycles. The second-order valence-electron chi connectivity index (χ2n) is 22.4. The van der Waals surface area contributed by atoms with Crippen LogP contribution in [0.3, 0.4) is 0 Å². The third kappa shape index (κ3) is 19.5. The van der Waals surface area contributed by atoms with Gasteiger partial charge in [0.25, 0.3) is 23.6 Å². The molecule has 0 atom stereocenters. The Morgan fingerprint density at radius 2 is 0.760 bits per heavy atom. The Morgan fingerprint density at radius 1 is 0.413 bits per heavy atom. The van der Waals surface area contributed by atoms with Crippen molar-refractivity contribution in [1.29, 1.82) is 0 Å². The van der Waals surface area contributed by atoms with Gasteiger partial charge in [-0.05, 0) is 110 Å². The minimum atomic E-state index is -4.57. The van der Waals surface area contributed by atoms with Crippen LogP contribution in [0, 0.1) is 11.6 Å². The third-order valence-electron chi connectivity index (χ3n) is 15.2. The maximum Gasteiger partial charge on any atom is 0.514 e. The van der Waals surface area contributed by atoms with Crippen LogP contribution >= 0.6 is 0 Å². The summed E-state index contributed by atoms with van der Waals surface area (Å²) in [4.78, 5) is 118. The maximum absolute atomic E-state index is 15.5. The Balaban J connectivity index is 0.000000279. The number of benzene rings is 8. The maximum atomic E-state index is 15.5. The van der Waals surface area contributed by atoms with Crippen LogP contribution in [-0.2, 0) is 66.0 Å². The lowest BCUT2D eigenvalue weighted by atomic mass is 9.81. The first kappa shape index (κ1) is 81.0. The number of aromatic hydroxyl groups is 1. The number of anilines is 2. The number of hydrogen-bond donors (Lipinski definition) is 4. The fourth-order valence-corrected chi connectivity index (χ4v) is 9.97. The van der Waals surface area contributed by atoms with Crippen LogP contribution in [0.1, 0.15) is 91.4 Å². The number of nitrogens with one attached hydrogen (secondary N) is 2. The number of carbonyl (C=O) groups excluding carboxylic acids is 9. The molecule has 0 heterocycles. The molecule has 0 aromatic heterocycles. The van der Waals surface area contributed by atoms with Crippen molar-refractivity contribution in [3.8, 4) is 33.8 Å². The van der Waals surface area contributed by atoms with Gasteiger partial charge in [0, 0.05) is 51.5 Å². The number of phenols is 1. The number of ether oxygens (including phenoxy) is 6. The number of halogens is 8. The molecule has 8 aromatic carbocycles. The van der Waals surface area contributed by atoms with E-state index in [-0.39, 0.29) is 76.7 Å². The van der Waals surface area contributed by atoms with Crippen LogP contribution in [0.5, 0.6) is 11.5 Å². The van der Waals surface area contributed by atoms with Gasteiger partial charge >= 0.3 is 42.4 Å². The molecule has 0 unspecified atom stereocenters. The van der Waals surface area contributed by atoms with Crippen molar-refractivity contribution in [1.82, 2.24) is 9.80 Å². The number of phenolic OH excluding ortho intramolecular Hbond substituents is 1. The number of aliphatic hydroxyl groups is 1. The summed E-state index contributed by atoms with van der Waals surface area (Å²) in [6.45, 7) is 4.59. The minimum absolute atomic E-state index is 0.00933. The van der Waals surface area contributed by atoms with E-state index < -0.39 is 124 Å².